The van der Waals surface area contributed by atoms with Gasteiger partial charge in [-0.1, -0.05) is 42.0 Å². The van der Waals surface area contributed by atoms with Gasteiger partial charge in [0.05, 0.1) is 25.3 Å². The highest BCUT2D eigenvalue weighted by Crippen LogP contribution is 2.40. The maximum Gasteiger partial charge on any atom is 0.295 e. The Kier molecular flexibility index (Phi) is 7.71. The van der Waals surface area contributed by atoms with Crippen LogP contribution in [0.3, 0.4) is 0 Å². The summed E-state index contributed by atoms with van der Waals surface area (Å²) in [5, 5.41) is 11.2. The van der Waals surface area contributed by atoms with Crippen molar-refractivity contribution in [2.45, 2.75) is 19.6 Å². The Bertz CT molecular complexity index is 1280. The smallest absolute Gasteiger partial charge is 0.295 e. The van der Waals surface area contributed by atoms with Crippen LogP contribution in [0.2, 0.25) is 0 Å². The Labute approximate surface area is 210 Å². The number of aliphatic hydroxyl groups excluding tert-OH is 1. The number of hydrogen-bond donors (Lipinski definition) is 1. The topological polar surface area (TPSA) is 85.3 Å². The number of rotatable bonds is 9. The Morgan fingerprint density at radius 1 is 0.944 bits per heavy atom. The van der Waals surface area contributed by atoms with Crippen molar-refractivity contribution in [3.8, 4) is 11.5 Å². The highest BCUT2D eigenvalue weighted by Gasteiger charge is 2.46. The minimum atomic E-state index is -0.771. The third-order valence-corrected chi connectivity index (χ3v) is 6.10. The van der Waals surface area contributed by atoms with Gasteiger partial charge in [0.1, 0.15) is 23.9 Å². The maximum atomic E-state index is 13.1. The lowest BCUT2D eigenvalue weighted by molar-refractivity contribution is -0.140. The van der Waals surface area contributed by atoms with Gasteiger partial charge in [-0.25, -0.2) is 0 Å². The molecule has 3 aromatic carbocycles. The highest BCUT2D eigenvalue weighted by atomic mass is 16.5. The van der Waals surface area contributed by atoms with Crippen LogP contribution >= 0.6 is 0 Å². The van der Waals surface area contributed by atoms with Crippen LogP contribution in [0.5, 0.6) is 11.5 Å². The first kappa shape index (κ1) is 25.0. The van der Waals surface area contributed by atoms with Gasteiger partial charge >= 0.3 is 0 Å². The molecule has 7 heteroatoms. The van der Waals surface area contributed by atoms with E-state index in [-0.39, 0.29) is 24.5 Å². The number of hydrogen-bond acceptors (Lipinski definition) is 6. The van der Waals surface area contributed by atoms with Gasteiger partial charge in [-0.15, -0.1) is 0 Å². The summed E-state index contributed by atoms with van der Waals surface area (Å²) in [5.41, 5.74) is 3.30. The fraction of sp³-hybridized carbons (Fsp3) is 0.241. The van der Waals surface area contributed by atoms with Crippen LogP contribution in [0.1, 0.15) is 28.3 Å². The number of methoxy groups -OCH3 is 2. The number of likely N-dealkylation sites (tertiary alicyclic amines) is 1. The number of carbonyl (C=O) groups is 2. The number of ether oxygens (including phenoxy) is 3. The summed E-state index contributed by atoms with van der Waals surface area (Å²) >= 11 is 0. The van der Waals surface area contributed by atoms with Crippen LogP contribution in [-0.2, 0) is 20.9 Å². The fourth-order valence-electron chi connectivity index (χ4n) is 4.29. The number of aliphatic hydroxyl groups is 1. The Morgan fingerprint density at radius 2 is 1.69 bits per heavy atom. The van der Waals surface area contributed by atoms with Gasteiger partial charge in [0, 0.05) is 19.2 Å². The number of carbonyl (C=O) groups excluding carboxylic acids is 2. The van der Waals surface area contributed by atoms with Crippen molar-refractivity contribution >= 4 is 17.4 Å². The average Bonchev–Trinajstić information content (AvgIpc) is 3.15. The molecule has 1 amide bonds. The van der Waals surface area contributed by atoms with E-state index in [9.17, 15) is 14.7 Å². The van der Waals surface area contributed by atoms with Crippen LogP contribution in [0.25, 0.3) is 5.76 Å². The SMILES string of the molecule is COCCN1C(=O)C(=O)/C(=C(/O)c2ccc(OCc3cccc(C)c3)cc2)C1c1cccc(OC)c1. The molecular formula is C29H29NO6. The van der Waals surface area contributed by atoms with Crippen molar-refractivity contribution in [2.75, 3.05) is 27.4 Å². The molecule has 0 aliphatic carbocycles. The summed E-state index contributed by atoms with van der Waals surface area (Å²) in [4.78, 5) is 27.4. The second kappa shape index (κ2) is 11.1. The summed E-state index contributed by atoms with van der Waals surface area (Å²) in [6, 6.07) is 21.2. The first-order valence-corrected chi connectivity index (χ1v) is 11.6. The summed E-state index contributed by atoms with van der Waals surface area (Å²) in [6.45, 7) is 2.89. The predicted molar refractivity (Wildman–Crippen MR) is 136 cm³/mol. The monoisotopic (exact) mass is 487 g/mol. The number of aryl methyl sites for hydroxylation is 1. The van der Waals surface area contributed by atoms with Gasteiger partial charge in [0.15, 0.2) is 0 Å². The summed E-state index contributed by atoms with van der Waals surface area (Å²) in [6.07, 6.45) is 0. The first-order valence-electron chi connectivity index (χ1n) is 11.6. The molecule has 0 bridgehead atoms. The standard InChI is InChI=1S/C29H29NO6/c1-19-6-4-7-20(16-19)18-36-23-12-10-21(11-13-23)27(31)25-26(22-8-5-9-24(17-22)35-3)30(14-15-34-2)29(33)28(25)32/h4-13,16-17,26,31H,14-15,18H2,1-3H3/b27-25+. The van der Waals surface area contributed by atoms with Gasteiger partial charge in [0.25, 0.3) is 11.7 Å². The van der Waals surface area contributed by atoms with Crippen LogP contribution in [0.4, 0.5) is 0 Å². The zero-order valence-electron chi connectivity index (χ0n) is 20.6. The molecule has 1 unspecified atom stereocenters. The first-order chi connectivity index (χ1) is 17.4. The van der Waals surface area contributed by atoms with Crippen molar-refractivity contribution in [1.82, 2.24) is 4.90 Å². The second-order valence-corrected chi connectivity index (χ2v) is 8.56. The Balaban J connectivity index is 1.65. The molecule has 1 heterocycles. The van der Waals surface area contributed by atoms with E-state index in [1.54, 1.807) is 55.6 Å². The van der Waals surface area contributed by atoms with E-state index in [1.165, 1.54) is 12.0 Å². The molecule has 4 rings (SSSR count). The van der Waals surface area contributed by atoms with E-state index < -0.39 is 17.7 Å². The lowest BCUT2D eigenvalue weighted by atomic mass is 9.95. The van der Waals surface area contributed by atoms with E-state index in [4.69, 9.17) is 14.2 Å². The number of ketones is 1. The van der Waals surface area contributed by atoms with Crippen molar-refractivity contribution in [3.05, 3.63) is 101 Å². The normalized spacial score (nSPS) is 16.9. The largest absolute Gasteiger partial charge is 0.507 e. The predicted octanol–water partition coefficient (Wildman–Crippen LogP) is 4.65. The van der Waals surface area contributed by atoms with Gasteiger partial charge < -0.3 is 24.2 Å². The van der Waals surface area contributed by atoms with Crippen LogP contribution in [0.15, 0.2) is 78.4 Å². The molecule has 1 saturated heterocycles. The van der Waals surface area contributed by atoms with Crippen molar-refractivity contribution in [2.24, 2.45) is 0 Å². The highest BCUT2D eigenvalue weighted by molar-refractivity contribution is 6.46. The number of Topliss-reactive ketones (excluding diaryl/α,β-unsaturated/α-hetero) is 1. The number of benzene rings is 3. The summed E-state index contributed by atoms with van der Waals surface area (Å²) in [7, 11) is 3.07. The van der Waals surface area contributed by atoms with Crippen LogP contribution < -0.4 is 9.47 Å². The van der Waals surface area contributed by atoms with Gasteiger partial charge in [0.2, 0.25) is 0 Å². The minimum absolute atomic E-state index is 0.0257. The molecule has 1 aliphatic rings. The Hall–Kier alpha value is -4.10. The van der Waals surface area contributed by atoms with E-state index in [1.807, 2.05) is 25.1 Å². The molecule has 0 aromatic heterocycles. The quantitative estimate of drug-likeness (QED) is 0.269. The molecule has 0 spiro atoms. The molecule has 1 aliphatic heterocycles. The third kappa shape index (κ3) is 5.26. The molecule has 1 atom stereocenters. The number of amides is 1. The van der Waals surface area contributed by atoms with Crippen molar-refractivity contribution in [3.63, 3.8) is 0 Å². The van der Waals surface area contributed by atoms with E-state index in [0.717, 1.165) is 11.1 Å². The molecule has 0 saturated carbocycles. The lowest BCUT2D eigenvalue weighted by Crippen LogP contribution is -2.32. The zero-order chi connectivity index (χ0) is 25.7. The van der Waals surface area contributed by atoms with Crippen molar-refractivity contribution in [1.29, 1.82) is 0 Å². The van der Waals surface area contributed by atoms with Gasteiger partial charge in [-0.05, 0) is 54.4 Å². The second-order valence-electron chi connectivity index (χ2n) is 8.56. The van der Waals surface area contributed by atoms with Crippen molar-refractivity contribution < 1.29 is 28.9 Å². The summed E-state index contributed by atoms with van der Waals surface area (Å²) < 4.78 is 16.4. The fourth-order valence-corrected chi connectivity index (χ4v) is 4.29. The average molecular weight is 488 g/mol. The molecular weight excluding hydrogens is 458 g/mol. The third-order valence-electron chi connectivity index (χ3n) is 6.10. The molecule has 3 aromatic rings. The molecule has 186 valence electrons. The molecule has 0 radical (unpaired) electrons. The lowest BCUT2D eigenvalue weighted by Gasteiger charge is -2.25. The molecule has 1 fully saturated rings. The van der Waals surface area contributed by atoms with Crippen LogP contribution in [0, 0.1) is 6.92 Å². The van der Waals surface area contributed by atoms with E-state index in [2.05, 4.69) is 6.07 Å². The van der Waals surface area contributed by atoms with E-state index >= 15 is 0 Å². The Morgan fingerprint density at radius 3 is 2.39 bits per heavy atom. The van der Waals surface area contributed by atoms with Crippen LogP contribution in [-0.4, -0.2) is 49.1 Å². The molecule has 1 N–H and O–H groups in total. The zero-order valence-corrected chi connectivity index (χ0v) is 20.6. The molecule has 7 nitrogen and oxygen atoms in total. The van der Waals surface area contributed by atoms with Gasteiger partial charge in [-0.2, -0.15) is 0 Å². The number of nitrogens with zero attached hydrogens (tertiary/aromatic N) is 1. The molecule has 36 heavy (non-hydrogen) atoms. The minimum Gasteiger partial charge on any atom is -0.507 e. The maximum absolute atomic E-state index is 13.1. The van der Waals surface area contributed by atoms with E-state index in [0.29, 0.717) is 29.2 Å². The van der Waals surface area contributed by atoms with Gasteiger partial charge in [-0.3, -0.25) is 9.59 Å². The summed E-state index contributed by atoms with van der Waals surface area (Å²) in [5.74, 6) is -0.458.